The summed E-state index contributed by atoms with van der Waals surface area (Å²) in [5.41, 5.74) is 1.93. The highest BCUT2D eigenvalue weighted by atomic mass is 19.1. The number of ether oxygens (including phenoxy) is 1. The van der Waals surface area contributed by atoms with E-state index in [1.165, 1.54) is 18.9 Å². The van der Waals surface area contributed by atoms with Crippen molar-refractivity contribution in [3.05, 3.63) is 54.5 Å². The molecule has 36 heavy (non-hydrogen) atoms. The van der Waals surface area contributed by atoms with Crippen molar-refractivity contribution < 1.29 is 23.5 Å². The Labute approximate surface area is 207 Å². The minimum Gasteiger partial charge on any atom is -0.492 e. The van der Waals surface area contributed by atoms with E-state index in [0.29, 0.717) is 41.5 Å². The number of rotatable bonds is 11. The lowest BCUT2D eigenvalue weighted by molar-refractivity contribution is -0.124. The molecule has 0 aliphatic rings. The summed E-state index contributed by atoms with van der Waals surface area (Å²) in [4.78, 5) is 43.6. The van der Waals surface area contributed by atoms with E-state index in [2.05, 4.69) is 31.2 Å². The normalized spacial score (nSPS) is 10.2. The second-order valence-electron chi connectivity index (χ2n) is 7.61. The van der Waals surface area contributed by atoms with Gasteiger partial charge in [-0.05, 0) is 43.3 Å². The molecule has 0 bridgehead atoms. The number of hydrogen-bond acceptors (Lipinski definition) is 8. The molecule has 0 saturated carbocycles. The van der Waals surface area contributed by atoms with E-state index < -0.39 is 5.82 Å². The Morgan fingerprint density at radius 2 is 1.83 bits per heavy atom. The van der Waals surface area contributed by atoms with Crippen LogP contribution in [0.5, 0.6) is 5.75 Å². The summed E-state index contributed by atoms with van der Waals surface area (Å²) in [6, 6.07) is 11.7. The summed E-state index contributed by atoms with van der Waals surface area (Å²) in [5.74, 6) is -0.825. The first-order chi connectivity index (χ1) is 17.3. The van der Waals surface area contributed by atoms with Gasteiger partial charge in [-0.15, -0.1) is 0 Å². The Morgan fingerprint density at radius 3 is 2.56 bits per heavy atom. The molecule has 0 saturated heterocycles. The number of benzene rings is 2. The SMILES string of the molecule is CCOc1ccc(Nc2nc(Nc3cccc(NC(=O)CN(C)C=O)c3)ncc2F)cc1NC(C)=O. The molecule has 11 nitrogen and oxygen atoms in total. The summed E-state index contributed by atoms with van der Waals surface area (Å²) in [5, 5.41) is 11.2. The Balaban J connectivity index is 1.76. The summed E-state index contributed by atoms with van der Waals surface area (Å²) in [6.07, 6.45) is 1.57. The van der Waals surface area contributed by atoms with Gasteiger partial charge in [-0.25, -0.2) is 9.37 Å². The summed E-state index contributed by atoms with van der Waals surface area (Å²) >= 11 is 0. The zero-order valence-corrected chi connectivity index (χ0v) is 20.0. The van der Waals surface area contributed by atoms with Gasteiger partial charge >= 0.3 is 0 Å². The Kier molecular flexibility index (Phi) is 8.70. The predicted molar refractivity (Wildman–Crippen MR) is 134 cm³/mol. The molecule has 1 heterocycles. The van der Waals surface area contributed by atoms with Gasteiger partial charge in [0.2, 0.25) is 24.2 Å². The number of carbonyl (C=O) groups excluding carboxylic acids is 3. The van der Waals surface area contributed by atoms with Gasteiger partial charge in [0, 0.05) is 31.0 Å². The molecule has 0 spiro atoms. The smallest absolute Gasteiger partial charge is 0.243 e. The van der Waals surface area contributed by atoms with Gasteiger partial charge in [-0.2, -0.15) is 4.98 Å². The first-order valence-electron chi connectivity index (χ1n) is 10.9. The molecule has 0 aliphatic heterocycles. The van der Waals surface area contributed by atoms with Crippen molar-refractivity contribution in [2.75, 3.05) is 41.5 Å². The van der Waals surface area contributed by atoms with Crippen LogP contribution in [0, 0.1) is 5.82 Å². The maximum atomic E-state index is 14.5. The zero-order chi connectivity index (χ0) is 26.1. The predicted octanol–water partition coefficient (Wildman–Crippen LogP) is 3.49. The van der Waals surface area contributed by atoms with E-state index in [1.807, 2.05) is 6.92 Å². The van der Waals surface area contributed by atoms with Gasteiger partial charge in [0.1, 0.15) is 5.75 Å². The third-order valence-electron chi connectivity index (χ3n) is 4.57. The van der Waals surface area contributed by atoms with Crippen LogP contribution in [0.15, 0.2) is 48.7 Å². The third kappa shape index (κ3) is 7.38. The average Bonchev–Trinajstić information content (AvgIpc) is 2.82. The van der Waals surface area contributed by atoms with Crippen molar-refractivity contribution in [3.63, 3.8) is 0 Å². The highest BCUT2D eigenvalue weighted by Gasteiger charge is 2.12. The molecule has 0 aliphatic carbocycles. The van der Waals surface area contributed by atoms with E-state index in [9.17, 15) is 18.8 Å². The molecule has 3 aromatic rings. The number of halogens is 1. The Bertz CT molecular complexity index is 1250. The summed E-state index contributed by atoms with van der Waals surface area (Å²) in [7, 11) is 1.50. The van der Waals surface area contributed by atoms with E-state index in [0.717, 1.165) is 6.20 Å². The minimum absolute atomic E-state index is 0.0908. The van der Waals surface area contributed by atoms with Crippen molar-refractivity contribution in [1.82, 2.24) is 14.9 Å². The molecule has 0 unspecified atom stereocenters. The topological polar surface area (TPSA) is 138 Å². The summed E-state index contributed by atoms with van der Waals surface area (Å²) < 4.78 is 20.0. The lowest BCUT2D eigenvalue weighted by Gasteiger charge is -2.14. The van der Waals surface area contributed by atoms with E-state index >= 15 is 0 Å². The fourth-order valence-corrected chi connectivity index (χ4v) is 3.10. The van der Waals surface area contributed by atoms with Crippen LogP contribution in [-0.2, 0) is 14.4 Å². The first-order valence-corrected chi connectivity index (χ1v) is 10.9. The quantitative estimate of drug-likeness (QED) is 0.297. The van der Waals surface area contributed by atoms with Crippen LogP contribution in [0.2, 0.25) is 0 Å². The van der Waals surface area contributed by atoms with Gasteiger partial charge < -0.3 is 30.9 Å². The van der Waals surface area contributed by atoms with Gasteiger partial charge in [-0.3, -0.25) is 14.4 Å². The molecule has 1 aromatic heterocycles. The first kappa shape index (κ1) is 25.9. The third-order valence-corrected chi connectivity index (χ3v) is 4.57. The highest BCUT2D eigenvalue weighted by Crippen LogP contribution is 2.30. The maximum absolute atomic E-state index is 14.5. The Morgan fingerprint density at radius 1 is 1.08 bits per heavy atom. The number of nitrogens with zero attached hydrogens (tertiary/aromatic N) is 3. The Hall–Kier alpha value is -4.74. The minimum atomic E-state index is -0.684. The molecule has 188 valence electrons. The molecule has 0 radical (unpaired) electrons. The van der Waals surface area contributed by atoms with Crippen LogP contribution in [0.25, 0.3) is 0 Å². The van der Waals surface area contributed by atoms with Gasteiger partial charge in [-0.1, -0.05) is 6.07 Å². The van der Waals surface area contributed by atoms with Gasteiger partial charge in [0.05, 0.1) is 25.0 Å². The number of aromatic nitrogens is 2. The van der Waals surface area contributed by atoms with Crippen LogP contribution in [-0.4, -0.2) is 53.3 Å². The van der Waals surface area contributed by atoms with Crippen LogP contribution in [0.1, 0.15) is 13.8 Å². The molecule has 0 atom stereocenters. The molecule has 3 amide bonds. The van der Waals surface area contributed by atoms with Crippen molar-refractivity contribution >= 4 is 52.7 Å². The number of likely N-dealkylation sites (N-methyl/N-ethyl adjacent to an activating group) is 1. The van der Waals surface area contributed by atoms with Gasteiger partial charge in [0.15, 0.2) is 11.6 Å². The zero-order valence-electron chi connectivity index (χ0n) is 20.0. The second-order valence-corrected chi connectivity index (χ2v) is 7.61. The largest absolute Gasteiger partial charge is 0.492 e. The molecule has 0 fully saturated rings. The number of carbonyl (C=O) groups is 3. The van der Waals surface area contributed by atoms with Crippen molar-refractivity contribution in [3.8, 4) is 5.75 Å². The maximum Gasteiger partial charge on any atom is 0.243 e. The van der Waals surface area contributed by atoms with Crippen molar-refractivity contribution in [1.29, 1.82) is 0 Å². The molecular weight excluding hydrogens is 469 g/mol. The highest BCUT2D eigenvalue weighted by molar-refractivity contribution is 5.93. The lowest BCUT2D eigenvalue weighted by atomic mass is 10.2. The van der Waals surface area contributed by atoms with Crippen molar-refractivity contribution in [2.24, 2.45) is 0 Å². The fourth-order valence-electron chi connectivity index (χ4n) is 3.10. The molecule has 3 rings (SSSR count). The van der Waals surface area contributed by atoms with E-state index in [4.69, 9.17) is 4.74 Å². The van der Waals surface area contributed by atoms with E-state index in [1.54, 1.807) is 42.5 Å². The van der Waals surface area contributed by atoms with Crippen LogP contribution in [0.4, 0.5) is 38.9 Å². The average molecular weight is 496 g/mol. The standard InChI is InChI=1S/C24H26FN7O4/c1-4-36-21-9-8-18(11-20(21)27-15(2)34)29-23-19(25)12-26-24(31-23)30-17-7-5-6-16(10-17)28-22(35)13-32(3)14-33/h5-12,14H,4,13H2,1-3H3,(H,27,34)(H,28,35)(H2,26,29,30,31). The number of anilines is 6. The lowest BCUT2D eigenvalue weighted by Crippen LogP contribution is -2.29. The second kappa shape index (κ2) is 12.1. The van der Waals surface area contributed by atoms with Crippen LogP contribution in [0.3, 0.4) is 0 Å². The molecular formula is C24H26FN7O4. The summed E-state index contributed by atoms with van der Waals surface area (Å²) in [6.45, 7) is 3.52. The monoisotopic (exact) mass is 495 g/mol. The number of nitrogens with one attached hydrogen (secondary N) is 4. The number of amides is 3. The van der Waals surface area contributed by atoms with Gasteiger partial charge in [0.25, 0.3) is 0 Å². The number of hydrogen-bond donors (Lipinski definition) is 4. The molecule has 12 heteroatoms. The molecule has 2 aromatic carbocycles. The van der Waals surface area contributed by atoms with Crippen molar-refractivity contribution in [2.45, 2.75) is 13.8 Å². The van der Waals surface area contributed by atoms with E-state index in [-0.39, 0.29) is 30.1 Å². The fraction of sp³-hybridized carbons (Fsp3) is 0.208. The van der Waals surface area contributed by atoms with Crippen LogP contribution < -0.4 is 26.0 Å². The molecule has 4 N–H and O–H groups in total. The van der Waals surface area contributed by atoms with Crippen LogP contribution >= 0.6 is 0 Å².